The standard InChI is InChI=1S/C11H23NO2S/c1-8(2)5-6-15-7-10(11(13)14)12-9(3)4/h8-10,12H,5-7H2,1-4H3,(H,13,14). The molecular formula is C11H23NO2S. The molecule has 4 heteroatoms. The Labute approximate surface area is 97.0 Å². The van der Waals surface area contributed by atoms with Crippen LogP contribution < -0.4 is 5.32 Å². The second-order valence-corrected chi connectivity index (χ2v) is 5.62. The summed E-state index contributed by atoms with van der Waals surface area (Å²) in [7, 11) is 0. The Morgan fingerprint density at radius 3 is 2.33 bits per heavy atom. The molecule has 0 fully saturated rings. The van der Waals surface area contributed by atoms with Crippen LogP contribution in [0.3, 0.4) is 0 Å². The average molecular weight is 233 g/mol. The van der Waals surface area contributed by atoms with Crippen LogP contribution >= 0.6 is 11.8 Å². The number of thioether (sulfide) groups is 1. The fraction of sp³-hybridized carbons (Fsp3) is 0.909. The fourth-order valence-electron chi connectivity index (χ4n) is 1.11. The van der Waals surface area contributed by atoms with Crippen molar-refractivity contribution in [2.24, 2.45) is 5.92 Å². The van der Waals surface area contributed by atoms with Crippen LogP contribution in [0.5, 0.6) is 0 Å². The van der Waals surface area contributed by atoms with Crippen molar-refractivity contribution in [3.63, 3.8) is 0 Å². The molecule has 0 saturated carbocycles. The van der Waals surface area contributed by atoms with E-state index in [-0.39, 0.29) is 6.04 Å². The fourth-order valence-corrected chi connectivity index (χ4v) is 2.39. The third-order valence-corrected chi connectivity index (χ3v) is 3.05. The van der Waals surface area contributed by atoms with Gasteiger partial charge >= 0.3 is 5.97 Å². The van der Waals surface area contributed by atoms with E-state index in [1.807, 2.05) is 13.8 Å². The lowest BCUT2D eigenvalue weighted by atomic mass is 10.2. The summed E-state index contributed by atoms with van der Waals surface area (Å²) in [5.74, 6) is 1.64. The Morgan fingerprint density at radius 2 is 1.93 bits per heavy atom. The van der Waals surface area contributed by atoms with Gasteiger partial charge in [-0.2, -0.15) is 11.8 Å². The molecule has 90 valence electrons. The Kier molecular flexibility index (Phi) is 7.88. The monoisotopic (exact) mass is 233 g/mol. The first-order valence-electron chi connectivity index (χ1n) is 5.50. The molecule has 15 heavy (non-hydrogen) atoms. The maximum Gasteiger partial charge on any atom is 0.321 e. The quantitative estimate of drug-likeness (QED) is 0.631. The van der Waals surface area contributed by atoms with Crippen LogP contribution in [0.25, 0.3) is 0 Å². The molecule has 0 aromatic carbocycles. The summed E-state index contributed by atoms with van der Waals surface area (Å²) >= 11 is 1.72. The van der Waals surface area contributed by atoms with Gasteiger partial charge in [-0.25, -0.2) is 0 Å². The van der Waals surface area contributed by atoms with Gasteiger partial charge in [-0.15, -0.1) is 0 Å². The smallest absolute Gasteiger partial charge is 0.321 e. The Balaban J connectivity index is 3.72. The van der Waals surface area contributed by atoms with Gasteiger partial charge in [0.25, 0.3) is 0 Å². The Hall–Kier alpha value is -0.220. The molecule has 0 aliphatic rings. The molecule has 0 rings (SSSR count). The van der Waals surface area contributed by atoms with E-state index in [1.165, 1.54) is 0 Å². The van der Waals surface area contributed by atoms with E-state index < -0.39 is 12.0 Å². The van der Waals surface area contributed by atoms with Crippen molar-refractivity contribution in [3.8, 4) is 0 Å². The summed E-state index contributed by atoms with van der Waals surface area (Å²) in [6.45, 7) is 8.30. The Bertz CT molecular complexity index is 183. The first-order chi connectivity index (χ1) is 6.93. The van der Waals surface area contributed by atoms with Gasteiger partial charge < -0.3 is 10.4 Å². The number of nitrogens with one attached hydrogen (secondary N) is 1. The predicted octanol–water partition coefficient (Wildman–Crippen LogP) is 2.22. The molecule has 0 saturated heterocycles. The van der Waals surface area contributed by atoms with Crippen molar-refractivity contribution >= 4 is 17.7 Å². The highest BCUT2D eigenvalue weighted by Crippen LogP contribution is 2.10. The van der Waals surface area contributed by atoms with Crippen LogP contribution in [0.1, 0.15) is 34.1 Å². The van der Waals surface area contributed by atoms with E-state index in [0.29, 0.717) is 11.7 Å². The molecule has 2 N–H and O–H groups in total. The van der Waals surface area contributed by atoms with Crippen LogP contribution in [-0.4, -0.2) is 34.7 Å². The first-order valence-corrected chi connectivity index (χ1v) is 6.65. The zero-order valence-corrected chi connectivity index (χ0v) is 10.9. The molecule has 0 amide bonds. The van der Waals surface area contributed by atoms with Gasteiger partial charge in [0.1, 0.15) is 6.04 Å². The molecule has 0 spiro atoms. The molecule has 1 unspecified atom stereocenters. The number of carbonyl (C=O) groups is 1. The zero-order chi connectivity index (χ0) is 11.8. The average Bonchev–Trinajstić information content (AvgIpc) is 2.08. The number of aliphatic carboxylic acids is 1. The van der Waals surface area contributed by atoms with Crippen LogP contribution in [0.15, 0.2) is 0 Å². The van der Waals surface area contributed by atoms with E-state index in [9.17, 15) is 4.79 Å². The second kappa shape index (κ2) is 7.99. The topological polar surface area (TPSA) is 49.3 Å². The van der Waals surface area contributed by atoms with Crippen LogP contribution in [0, 0.1) is 5.92 Å². The minimum atomic E-state index is -0.749. The van der Waals surface area contributed by atoms with Gasteiger partial charge in [0.2, 0.25) is 0 Å². The van der Waals surface area contributed by atoms with Gasteiger partial charge in [-0.05, 0) is 18.1 Å². The van der Waals surface area contributed by atoms with E-state index in [2.05, 4.69) is 19.2 Å². The van der Waals surface area contributed by atoms with Crippen LogP contribution in [-0.2, 0) is 4.79 Å². The summed E-state index contributed by atoms with van der Waals surface area (Å²) in [6.07, 6.45) is 1.15. The summed E-state index contributed by atoms with van der Waals surface area (Å²) in [5, 5.41) is 12.0. The molecule has 3 nitrogen and oxygen atoms in total. The molecule has 0 aromatic heterocycles. The molecule has 0 heterocycles. The zero-order valence-electron chi connectivity index (χ0n) is 10.1. The van der Waals surface area contributed by atoms with Gasteiger partial charge in [-0.3, -0.25) is 4.79 Å². The highest BCUT2D eigenvalue weighted by Gasteiger charge is 2.17. The summed E-state index contributed by atoms with van der Waals surface area (Å²) < 4.78 is 0. The van der Waals surface area contributed by atoms with Gasteiger partial charge in [0.15, 0.2) is 0 Å². The van der Waals surface area contributed by atoms with Crippen molar-refractivity contribution in [2.45, 2.75) is 46.2 Å². The molecule has 0 bridgehead atoms. The lowest BCUT2D eigenvalue weighted by Crippen LogP contribution is -2.42. The number of hydrogen-bond donors (Lipinski definition) is 2. The largest absolute Gasteiger partial charge is 0.480 e. The summed E-state index contributed by atoms with van der Waals surface area (Å²) in [6, 6.07) is -0.195. The first kappa shape index (κ1) is 14.8. The van der Waals surface area contributed by atoms with Gasteiger partial charge in [0, 0.05) is 11.8 Å². The van der Waals surface area contributed by atoms with E-state index in [1.54, 1.807) is 11.8 Å². The summed E-state index contributed by atoms with van der Waals surface area (Å²) in [5.41, 5.74) is 0. The van der Waals surface area contributed by atoms with E-state index in [4.69, 9.17) is 5.11 Å². The van der Waals surface area contributed by atoms with Crippen LogP contribution in [0.2, 0.25) is 0 Å². The second-order valence-electron chi connectivity index (χ2n) is 4.47. The van der Waals surface area contributed by atoms with Crippen LogP contribution in [0.4, 0.5) is 0 Å². The molecule has 0 aromatic rings. The number of hydrogen-bond acceptors (Lipinski definition) is 3. The molecule has 0 radical (unpaired) electrons. The molecule has 0 aliphatic carbocycles. The Morgan fingerprint density at radius 1 is 1.33 bits per heavy atom. The highest BCUT2D eigenvalue weighted by molar-refractivity contribution is 7.99. The minimum Gasteiger partial charge on any atom is -0.480 e. The predicted molar refractivity (Wildman–Crippen MR) is 66.5 cm³/mol. The minimum absolute atomic E-state index is 0.219. The third-order valence-electron chi connectivity index (χ3n) is 1.96. The number of carboxylic acid groups (broad SMARTS) is 1. The van der Waals surface area contributed by atoms with Crippen molar-refractivity contribution in [3.05, 3.63) is 0 Å². The van der Waals surface area contributed by atoms with Crippen molar-refractivity contribution < 1.29 is 9.90 Å². The number of rotatable bonds is 8. The maximum absolute atomic E-state index is 10.9. The van der Waals surface area contributed by atoms with Gasteiger partial charge in [-0.1, -0.05) is 27.7 Å². The van der Waals surface area contributed by atoms with Crippen molar-refractivity contribution in [1.29, 1.82) is 0 Å². The summed E-state index contributed by atoms with van der Waals surface area (Å²) in [4.78, 5) is 10.9. The molecular weight excluding hydrogens is 210 g/mol. The van der Waals surface area contributed by atoms with Gasteiger partial charge in [0.05, 0.1) is 0 Å². The SMILES string of the molecule is CC(C)CCSCC(NC(C)C)C(=O)O. The van der Waals surface area contributed by atoms with Crippen molar-refractivity contribution in [2.75, 3.05) is 11.5 Å². The van der Waals surface area contributed by atoms with E-state index >= 15 is 0 Å². The van der Waals surface area contributed by atoms with E-state index in [0.717, 1.165) is 12.2 Å². The lowest BCUT2D eigenvalue weighted by Gasteiger charge is -2.16. The highest BCUT2D eigenvalue weighted by atomic mass is 32.2. The molecule has 0 aliphatic heterocycles. The normalized spacial score (nSPS) is 13.5. The maximum atomic E-state index is 10.9. The van der Waals surface area contributed by atoms with Crippen molar-refractivity contribution in [1.82, 2.24) is 5.32 Å². The lowest BCUT2D eigenvalue weighted by molar-refractivity contribution is -0.139. The number of carboxylic acids is 1. The molecule has 1 atom stereocenters. The third kappa shape index (κ3) is 8.75.